The fraction of sp³-hybridized carbons (Fsp3) is 0.300. The number of urea groups is 1. The molecule has 1 fully saturated rings. The van der Waals surface area contributed by atoms with Gasteiger partial charge in [-0.1, -0.05) is 60.7 Å². The summed E-state index contributed by atoms with van der Waals surface area (Å²) in [4.78, 5) is 23.6. The second-order valence-corrected chi connectivity index (χ2v) is 6.27. The van der Waals surface area contributed by atoms with E-state index in [0.717, 1.165) is 12.8 Å². The van der Waals surface area contributed by atoms with Crippen molar-refractivity contribution in [2.24, 2.45) is 0 Å². The van der Waals surface area contributed by atoms with E-state index < -0.39 is 0 Å². The van der Waals surface area contributed by atoms with E-state index >= 15 is 0 Å². The molecule has 0 heterocycles. The van der Waals surface area contributed by atoms with Crippen molar-refractivity contribution in [3.8, 4) is 0 Å². The van der Waals surface area contributed by atoms with Gasteiger partial charge >= 0.3 is 6.03 Å². The number of nitrogens with one attached hydrogen (secondary N) is 3. The van der Waals surface area contributed by atoms with Gasteiger partial charge in [0.25, 0.3) is 0 Å². The summed E-state index contributed by atoms with van der Waals surface area (Å²) in [6.07, 6.45) is 1.72. The summed E-state index contributed by atoms with van der Waals surface area (Å²) in [6, 6.07) is 20.0. The number of carbonyl (C=O) groups excluding carboxylic acids is 2. The highest BCUT2D eigenvalue weighted by molar-refractivity contribution is 5.84. The smallest absolute Gasteiger partial charge is 0.315 e. The molecule has 25 heavy (non-hydrogen) atoms. The molecule has 2 atom stereocenters. The Morgan fingerprint density at radius 2 is 1.60 bits per heavy atom. The second kappa shape index (κ2) is 8.33. The minimum atomic E-state index is -0.290. The number of benzene rings is 2. The Morgan fingerprint density at radius 3 is 2.32 bits per heavy atom. The molecule has 3 N–H and O–H groups in total. The van der Waals surface area contributed by atoms with Gasteiger partial charge in [0.1, 0.15) is 0 Å². The summed E-state index contributed by atoms with van der Waals surface area (Å²) in [7, 11) is 0. The largest absolute Gasteiger partial charge is 0.354 e. The SMILES string of the molecule is O=C(CNC(=O)N[C@@H]1C[C@H]1c1ccccc1)NCCc1ccccc1. The predicted octanol–water partition coefficient (Wildman–Crippen LogP) is 2.20. The van der Waals surface area contributed by atoms with Crippen LogP contribution in [-0.2, 0) is 11.2 Å². The summed E-state index contributed by atoms with van der Waals surface area (Å²) in [6.45, 7) is 0.550. The van der Waals surface area contributed by atoms with E-state index in [9.17, 15) is 9.59 Å². The highest BCUT2D eigenvalue weighted by atomic mass is 16.2. The fourth-order valence-corrected chi connectivity index (χ4v) is 2.86. The van der Waals surface area contributed by atoms with Crippen molar-refractivity contribution >= 4 is 11.9 Å². The first-order valence-electron chi connectivity index (χ1n) is 8.62. The molecule has 2 aromatic carbocycles. The van der Waals surface area contributed by atoms with E-state index in [2.05, 4.69) is 28.1 Å². The lowest BCUT2D eigenvalue weighted by Crippen LogP contribution is -2.43. The first-order chi connectivity index (χ1) is 12.2. The second-order valence-electron chi connectivity index (χ2n) is 6.27. The molecule has 0 aliphatic heterocycles. The zero-order chi connectivity index (χ0) is 17.5. The Morgan fingerprint density at radius 1 is 0.920 bits per heavy atom. The molecule has 1 aliphatic carbocycles. The molecular weight excluding hydrogens is 314 g/mol. The molecule has 0 unspecified atom stereocenters. The van der Waals surface area contributed by atoms with Gasteiger partial charge in [-0.15, -0.1) is 0 Å². The predicted molar refractivity (Wildman–Crippen MR) is 97.3 cm³/mol. The molecule has 1 saturated carbocycles. The van der Waals surface area contributed by atoms with Gasteiger partial charge in [-0.05, 0) is 24.0 Å². The van der Waals surface area contributed by atoms with Crippen molar-refractivity contribution in [3.63, 3.8) is 0 Å². The Labute approximate surface area is 147 Å². The van der Waals surface area contributed by atoms with Crippen molar-refractivity contribution in [3.05, 3.63) is 71.8 Å². The number of hydrogen-bond acceptors (Lipinski definition) is 2. The Balaban J connectivity index is 1.29. The van der Waals surface area contributed by atoms with E-state index in [-0.39, 0.29) is 24.5 Å². The molecule has 3 amide bonds. The van der Waals surface area contributed by atoms with Crippen molar-refractivity contribution in [1.29, 1.82) is 0 Å². The van der Waals surface area contributed by atoms with Crippen LogP contribution in [0.4, 0.5) is 4.79 Å². The third-order valence-corrected chi connectivity index (χ3v) is 4.32. The summed E-state index contributed by atoms with van der Waals surface area (Å²) in [5.74, 6) is 0.202. The van der Waals surface area contributed by atoms with Crippen LogP contribution in [-0.4, -0.2) is 31.1 Å². The molecule has 0 spiro atoms. The maximum atomic E-state index is 11.9. The molecule has 0 radical (unpaired) electrons. The normalized spacial score (nSPS) is 18.2. The molecule has 0 saturated heterocycles. The molecule has 1 aliphatic rings. The molecule has 3 rings (SSSR count). The van der Waals surface area contributed by atoms with Gasteiger partial charge in [0.2, 0.25) is 5.91 Å². The van der Waals surface area contributed by atoms with Gasteiger partial charge < -0.3 is 16.0 Å². The topological polar surface area (TPSA) is 70.2 Å². The third-order valence-electron chi connectivity index (χ3n) is 4.32. The van der Waals surface area contributed by atoms with Crippen LogP contribution >= 0.6 is 0 Å². The average molecular weight is 337 g/mol. The van der Waals surface area contributed by atoms with Crippen molar-refractivity contribution in [2.75, 3.05) is 13.1 Å². The molecule has 130 valence electrons. The average Bonchev–Trinajstić information content (AvgIpc) is 3.41. The van der Waals surface area contributed by atoms with E-state index in [4.69, 9.17) is 0 Å². The molecule has 0 bridgehead atoms. The number of amides is 3. The molecule has 5 nitrogen and oxygen atoms in total. The Bertz CT molecular complexity index is 703. The first kappa shape index (κ1) is 17.0. The first-order valence-corrected chi connectivity index (χ1v) is 8.62. The van der Waals surface area contributed by atoms with Crippen LogP contribution in [0.25, 0.3) is 0 Å². The number of hydrogen-bond donors (Lipinski definition) is 3. The minimum Gasteiger partial charge on any atom is -0.354 e. The van der Waals surface area contributed by atoms with Crippen LogP contribution in [0.15, 0.2) is 60.7 Å². The lowest BCUT2D eigenvalue weighted by molar-refractivity contribution is -0.120. The van der Waals surface area contributed by atoms with Crippen LogP contribution in [0.5, 0.6) is 0 Å². The van der Waals surface area contributed by atoms with Gasteiger partial charge in [-0.2, -0.15) is 0 Å². The van der Waals surface area contributed by atoms with E-state index in [1.165, 1.54) is 11.1 Å². The zero-order valence-corrected chi connectivity index (χ0v) is 14.1. The maximum Gasteiger partial charge on any atom is 0.315 e. The van der Waals surface area contributed by atoms with E-state index in [1.807, 2.05) is 48.5 Å². The Hall–Kier alpha value is -2.82. The summed E-state index contributed by atoms with van der Waals surface area (Å²) >= 11 is 0. The van der Waals surface area contributed by atoms with Crippen molar-refractivity contribution < 1.29 is 9.59 Å². The van der Waals surface area contributed by atoms with Crippen LogP contribution in [0.2, 0.25) is 0 Å². The highest BCUT2D eigenvalue weighted by Crippen LogP contribution is 2.40. The molecular formula is C20H23N3O2. The quantitative estimate of drug-likeness (QED) is 0.725. The summed E-state index contributed by atoms with van der Waals surface area (Å²) in [5.41, 5.74) is 2.42. The molecule has 0 aromatic heterocycles. The van der Waals surface area contributed by atoms with Crippen LogP contribution in [0, 0.1) is 0 Å². The van der Waals surface area contributed by atoms with Crippen molar-refractivity contribution in [2.45, 2.75) is 24.8 Å². The minimum absolute atomic E-state index is 0.0106. The van der Waals surface area contributed by atoms with Gasteiger partial charge in [0.05, 0.1) is 6.54 Å². The number of carbonyl (C=O) groups is 2. The van der Waals surface area contributed by atoms with Gasteiger partial charge in [0, 0.05) is 18.5 Å². The maximum absolute atomic E-state index is 11.9. The Kier molecular flexibility index (Phi) is 5.67. The van der Waals surface area contributed by atoms with Gasteiger partial charge in [0.15, 0.2) is 0 Å². The lowest BCUT2D eigenvalue weighted by Gasteiger charge is -2.08. The lowest BCUT2D eigenvalue weighted by atomic mass is 10.1. The van der Waals surface area contributed by atoms with E-state index in [0.29, 0.717) is 12.5 Å². The summed E-state index contributed by atoms with van der Waals surface area (Å²) < 4.78 is 0. The highest BCUT2D eigenvalue weighted by Gasteiger charge is 2.39. The zero-order valence-electron chi connectivity index (χ0n) is 14.1. The van der Waals surface area contributed by atoms with Crippen LogP contribution in [0.1, 0.15) is 23.5 Å². The molecule has 5 heteroatoms. The van der Waals surface area contributed by atoms with Crippen LogP contribution in [0.3, 0.4) is 0 Å². The van der Waals surface area contributed by atoms with E-state index in [1.54, 1.807) is 0 Å². The van der Waals surface area contributed by atoms with Crippen LogP contribution < -0.4 is 16.0 Å². The summed E-state index contributed by atoms with van der Waals surface area (Å²) in [5, 5.41) is 8.33. The van der Waals surface area contributed by atoms with Gasteiger partial charge in [-0.25, -0.2) is 4.79 Å². The standard InChI is InChI=1S/C20H23N3O2/c24-19(21-12-11-15-7-3-1-4-8-15)14-22-20(25)23-18-13-17(18)16-9-5-2-6-10-16/h1-10,17-18H,11-14H2,(H,21,24)(H2,22,23,25)/t17-,18+/m0/s1. The van der Waals surface area contributed by atoms with Crippen molar-refractivity contribution in [1.82, 2.24) is 16.0 Å². The molecule has 2 aromatic rings. The number of rotatable bonds is 7. The fourth-order valence-electron chi connectivity index (χ4n) is 2.86. The van der Waals surface area contributed by atoms with Gasteiger partial charge in [-0.3, -0.25) is 4.79 Å². The monoisotopic (exact) mass is 337 g/mol. The third kappa shape index (κ3) is 5.35.